The highest BCUT2D eigenvalue weighted by atomic mass is 35.5. The fourth-order valence-electron chi connectivity index (χ4n) is 1.69. The van der Waals surface area contributed by atoms with Gasteiger partial charge in [-0.25, -0.2) is 0 Å². The third-order valence-corrected chi connectivity index (χ3v) is 2.88. The molecule has 0 spiro atoms. The minimum absolute atomic E-state index is 0.455. The van der Waals surface area contributed by atoms with E-state index >= 15 is 0 Å². The van der Waals surface area contributed by atoms with E-state index in [4.69, 9.17) is 16.3 Å². The number of benzene rings is 2. The Labute approximate surface area is 112 Å². The van der Waals surface area contributed by atoms with Crippen LogP contribution in [0.5, 0.6) is 5.75 Å². The van der Waals surface area contributed by atoms with Crippen LogP contribution in [-0.4, -0.2) is 11.7 Å². The van der Waals surface area contributed by atoms with Crippen molar-refractivity contribution in [1.29, 1.82) is 0 Å². The molecule has 0 aliphatic heterocycles. The first-order chi connectivity index (χ1) is 8.75. The fraction of sp³-hybridized carbons (Fsp3) is 0.200. The minimum atomic E-state index is -0.495. The Bertz CT molecular complexity index is 485. The van der Waals surface area contributed by atoms with Crippen LogP contribution in [0.25, 0.3) is 0 Å². The molecule has 2 nitrogen and oxygen atoms in total. The van der Waals surface area contributed by atoms with Crippen molar-refractivity contribution >= 4 is 11.6 Å². The largest absolute Gasteiger partial charge is 0.493 e. The van der Waals surface area contributed by atoms with E-state index in [9.17, 15) is 5.11 Å². The van der Waals surface area contributed by atoms with Crippen LogP contribution in [0.4, 0.5) is 0 Å². The van der Waals surface area contributed by atoms with Gasteiger partial charge in [-0.15, -0.1) is 0 Å². The molecule has 0 bridgehead atoms. The smallest absolute Gasteiger partial charge is 0.120 e. The lowest BCUT2D eigenvalue weighted by atomic mass is 10.1. The molecule has 94 valence electrons. The molecule has 2 aromatic carbocycles. The first kappa shape index (κ1) is 12.9. The number of aliphatic hydroxyl groups is 1. The van der Waals surface area contributed by atoms with Crippen LogP contribution < -0.4 is 4.74 Å². The van der Waals surface area contributed by atoms with Crippen molar-refractivity contribution in [3.05, 3.63) is 65.2 Å². The predicted octanol–water partition coefficient (Wildman–Crippen LogP) is 3.84. The van der Waals surface area contributed by atoms with Gasteiger partial charge in [0.15, 0.2) is 0 Å². The monoisotopic (exact) mass is 262 g/mol. The van der Waals surface area contributed by atoms with Crippen LogP contribution >= 0.6 is 11.6 Å². The summed E-state index contributed by atoms with van der Waals surface area (Å²) >= 11 is 5.85. The predicted molar refractivity (Wildman–Crippen MR) is 73.0 cm³/mol. The summed E-state index contributed by atoms with van der Waals surface area (Å²) < 4.78 is 5.53. The molecule has 2 rings (SSSR count). The third-order valence-electron chi connectivity index (χ3n) is 2.64. The summed E-state index contributed by atoms with van der Waals surface area (Å²) in [6, 6.07) is 16.8. The summed E-state index contributed by atoms with van der Waals surface area (Å²) in [5.41, 5.74) is 0.909. The number of hydrogen-bond acceptors (Lipinski definition) is 2. The van der Waals surface area contributed by atoms with Gasteiger partial charge in [-0.3, -0.25) is 0 Å². The number of halogens is 1. The highest BCUT2D eigenvalue weighted by Crippen LogP contribution is 2.19. The van der Waals surface area contributed by atoms with Crippen LogP contribution in [0.1, 0.15) is 18.1 Å². The van der Waals surface area contributed by atoms with Crippen molar-refractivity contribution in [2.75, 3.05) is 6.61 Å². The Morgan fingerprint density at radius 3 is 2.56 bits per heavy atom. The molecule has 0 aliphatic carbocycles. The van der Waals surface area contributed by atoms with Gasteiger partial charge in [0.1, 0.15) is 5.75 Å². The second-order valence-electron chi connectivity index (χ2n) is 4.02. The van der Waals surface area contributed by atoms with Crippen molar-refractivity contribution in [1.82, 2.24) is 0 Å². The molecule has 18 heavy (non-hydrogen) atoms. The fourth-order valence-corrected chi connectivity index (χ4v) is 1.87. The van der Waals surface area contributed by atoms with Gasteiger partial charge in [0, 0.05) is 11.4 Å². The lowest BCUT2D eigenvalue weighted by Crippen LogP contribution is -2.05. The number of hydrogen-bond donors (Lipinski definition) is 1. The summed E-state index contributed by atoms with van der Waals surface area (Å²) in [4.78, 5) is 0. The van der Waals surface area contributed by atoms with Gasteiger partial charge >= 0.3 is 0 Å². The topological polar surface area (TPSA) is 29.5 Å². The average Bonchev–Trinajstić information content (AvgIpc) is 2.40. The summed E-state index contributed by atoms with van der Waals surface area (Å²) in [7, 11) is 0. The van der Waals surface area contributed by atoms with Gasteiger partial charge in [-0.05, 0) is 23.8 Å². The van der Waals surface area contributed by atoms with Gasteiger partial charge in [-0.1, -0.05) is 48.0 Å². The summed E-state index contributed by atoms with van der Waals surface area (Å²) in [5, 5.41) is 10.6. The maximum atomic E-state index is 9.95. The molecule has 1 N–H and O–H groups in total. The van der Waals surface area contributed by atoms with Crippen molar-refractivity contribution in [2.24, 2.45) is 0 Å². The van der Waals surface area contributed by atoms with Crippen molar-refractivity contribution in [2.45, 2.75) is 12.5 Å². The molecule has 0 fully saturated rings. The normalized spacial score (nSPS) is 12.1. The highest BCUT2D eigenvalue weighted by Gasteiger charge is 2.06. The van der Waals surface area contributed by atoms with E-state index in [1.165, 1.54) is 0 Å². The summed E-state index contributed by atoms with van der Waals surface area (Å²) in [5.74, 6) is 0.725. The third kappa shape index (κ3) is 3.76. The Morgan fingerprint density at radius 2 is 1.83 bits per heavy atom. The summed E-state index contributed by atoms with van der Waals surface area (Å²) in [6.45, 7) is 0.455. The standard InChI is InChI=1S/C15H15ClO2/c16-13-7-4-8-14(11-13)18-10-9-15(17)12-5-2-1-3-6-12/h1-8,11,15,17H,9-10H2/t15-/m1/s1. The van der Waals surface area contributed by atoms with E-state index < -0.39 is 6.10 Å². The molecule has 0 heterocycles. The van der Waals surface area contributed by atoms with Crippen molar-refractivity contribution in [3.8, 4) is 5.75 Å². The number of ether oxygens (including phenoxy) is 1. The molecule has 0 aliphatic rings. The Kier molecular flexibility index (Phi) is 4.62. The van der Waals surface area contributed by atoms with Crippen LogP contribution in [0.3, 0.4) is 0 Å². The molecule has 3 heteroatoms. The highest BCUT2D eigenvalue weighted by molar-refractivity contribution is 6.30. The van der Waals surface area contributed by atoms with Gasteiger partial charge in [-0.2, -0.15) is 0 Å². The molecule has 0 saturated carbocycles. The molecule has 0 radical (unpaired) electrons. The first-order valence-corrected chi connectivity index (χ1v) is 6.25. The van der Waals surface area contributed by atoms with Gasteiger partial charge < -0.3 is 9.84 Å². The molecular formula is C15H15ClO2. The molecule has 0 aromatic heterocycles. The number of aliphatic hydroxyl groups excluding tert-OH is 1. The maximum absolute atomic E-state index is 9.95. The van der Waals surface area contributed by atoms with E-state index in [2.05, 4.69) is 0 Å². The quantitative estimate of drug-likeness (QED) is 0.887. The Balaban J connectivity index is 1.82. The summed E-state index contributed by atoms with van der Waals surface area (Å²) in [6.07, 6.45) is 0.0571. The van der Waals surface area contributed by atoms with Gasteiger partial charge in [0.05, 0.1) is 12.7 Å². The molecule has 0 amide bonds. The lowest BCUT2D eigenvalue weighted by Gasteiger charge is -2.12. The van der Waals surface area contributed by atoms with Crippen LogP contribution in [0, 0.1) is 0 Å². The van der Waals surface area contributed by atoms with E-state index in [1.807, 2.05) is 42.5 Å². The molecular weight excluding hydrogens is 248 g/mol. The lowest BCUT2D eigenvalue weighted by molar-refractivity contribution is 0.141. The van der Waals surface area contributed by atoms with Gasteiger partial charge in [0.2, 0.25) is 0 Å². The second-order valence-corrected chi connectivity index (χ2v) is 4.46. The van der Waals surface area contributed by atoms with E-state index in [0.29, 0.717) is 18.1 Å². The van der Waals surface area contributed by atoms with Crippen LogP contribution in [-0.2, 0) is 0 Å². The SMILES string of the molecule is O[C@H](CCOc1cccc(Cl)c1)c1ccccc1. The molecule has 0 unspecified atom stereocenters. The maximum Gasteiger partial charge on any atom is 0.120 e. The molecule has 0 saturated heterocycles. The zero-order valence-electron chi connectivity index (χ0n) is 9.92. The Morgan fingerprint density at radius 1 is 1.06 bits per heavy atom. The zero-order valence-corrected chi connectivity index (χ0v) is 10.7. The van der Waals surface area contributed by atoms with Gasteiger partial charge in [0.25, 0.3) is 0 Å². The second kappa shape index (κ2) is 6.43. The van der Waals surface area contributed by atoms with E-state index in [1.54, 1.807) is 12.1 Å². The zero-order chi connectivity index (χ0) is 12.8. The minimum Gasteiger partial charge on any atom is -0.493 e. The average molecular weight is 263 g/mol. The van der Waals surface area contributed by atoms with Crippen LogP contribution in [0.15, 0.2) is 54.6 Å². The first-order valence-electron chi connectivity index (χ1n) is 5.87. The number of rotatable bonds is 5. The van der Waals surface area contributed by atoms with Crippen molar-refractivity contribution < 1.29 is 9.84 Å². The Hall–Kier alpha value is -1.51. The van der Waals surface area contributed by atoms with Crippen LogP contribution in [0.2, 0.25) is 5.02 Å². The van der Waals surface area contributed by atoms with E-state index in [-0.39, 0.29) is 0 Å². The molecule has 1 atom stereocenters. The molecule has 2 aromatic rings. The van der Waals surface area contributed by atoms with E-state index in [0.717, 1.165) is 11.3 Å². The van der Waals surface area contributed by atoms with Crippen molar-refractivity contribution in [3.63, 3.8) is 0 Å².